The third-order valence-electron chi connectivity index (χ3n) is 3.81. The van der Waals surface area contributed by atoms with Gasteiger partial charge in [0.15, 0.2) is 0 Å². The Balaban J connectivity index is 1.52. The van der Waals surface area contributed by atoms with Gasteiger partial charge in [-0.25, -0.2) is 9.69 Å². The van der Waals surface area contributed by atoms with Crippen molar-refractivity contribution in [2.75, 3.05) is 4.90 Å². The van der Waals surface area contributed by atoms with Crippen molar-refractivity contribution in [2.45, 2.75) is 9.10 Å². The molecule has 1 N–H and O–H groups in total. The van der Waals surface area contributed by atoms with Crippen LogP contribution >= 0.6 is 34.7 Å². The standard InChI is InChI=1S/C20H13ClN2O2S2/c21-13-6-8-15(9-7-13)26-18-11-10-16(27-18)12-17-19(24)23(20(25)22-17)14-4-2-1-3-5-14/h1-12H,(H,22,25)/b17-12-. The van der Waals surface area contributed by atoms with Gasteiger partial charge in [-0.1, -0.05) is 41.6 Å². The normalized spacial score (nSPS) is 15.4. The van der Waals surface area contributed by atoms with Gasteiger partial charge in [0.1, 0.15) is 5.70 Å². The minimum absolute atomic E-state index is 0.272. The molecule has 1 aliphatic rings. The molecular formula is C20H13ClN2O2S2. The summed E-state index contributed by atoms with van der Waals surface area (Å²) in [5, 5.41) is 3.35. The minimum Gasteiger partial charge on any atom is -0.302 e. The van der Waals surface area contributed by atoms with E-state index in [9.17, 15) is 9.59 Å². The van der Waals surface area contributed by atoms with Crippen LogP contribution in [0.25, 0.3) is 6.08 Å². The molecule has 0 spiro atoms. The van der Waals surface area contributed by atoms with Gasteiger partial charge in [-0.15, -0.1) is 11.3 Å². The molecule has 27 heavy (non-hydrogen) atoms. The Morgan fingerprint density at radius 2 is 1.70 bits per heavy atom. The second kappa shape index (κ2) is 7.60. The van der Waals surface area contributed by atoms with E-state index in [1.54, 1.807) is 53.4 Å². The number of halogens is 1. The van der Waals surface area contributed by atoms with Crippen molar-refractivity contribution in [3.8, 4) is 0 Å². The summed E-state index contributed by atoms with van der Waals surface area (Å²) in [6.45, 7) is 0. The van der Waals surface area contributed by atoms with Crippen LogP contribution < -0.4 is 10.2 Å². The van der Waals surface area contributed by atoms with E-state index in [2.05, 4.69) is 5.32 Å². The molecule has 2 heterocycles. The summed E-state index contributed by atoms with van der Waals surface area (Å²) in [4.78, 5) is 27.9. The van der Waals surface area contributed by atoms with E-state index < -0.39 is 6.03 Å². The number of urea groups is 1. The number of hydrogen-bond donors (Lipinski definition) is 1. The van der Waals surface area contributed by atoms with Crippen molar-refractivity contribution in [1.82, 2.24) is 5.32 Å². The van der Waals surface area contributed by atoms with Crippen molar-refractivity contribution in [2.24, 2.45) is 0 Å². The first-order valence-electron chi connectivity index (χ1n) is 8.05. The lowest BCUT2D eigenvalue weighted by atomic mass is 10.3. The number of thiophene rings is 1. The fourth-order valence-electron chi connectivity index (χ4n) is 2.57. The Kier molecular flexibility index (Phi) is 5.03. The van der Waals surface area contributed by atoms with Crippen molar-refractivity contribution in [3.05, 3.63) is 82.3 Å². The lowest BCUT2D eigenvalue weighted by Crippen LogP contribution is -2.30. The van der Waals surface area contributed by atoms with E-state index in [0.717, 1.165) is 18.9 Å². The second-order valence-corrected chi connectivity index (χ2v) is 8.60. The molecule has 3 amide bonds. The third kappa shape index (κ3) is 3.93. The molecular weight excluding hydrogens is 400 g/mol. The van der Waals surface area contributed by atoms with E-state index in [4.69, 9.17) is 11.6 Å². The lowest BCUT2D eigenvalue weighted by Gasteiger charge is -2.10. The van der Waals surface area contributed by atoms with Crippen molar-refractivity contribution >= 4 is 58.4 Å². The number of rotatable bonds is 4. The van der Waals surface area contributed by atoms with Gasteiger partial charge in [0.05, 0.1) is 9.90 Å². The number of amides is 3. The summed E-state index contributed by atoms with van der Waals surface area (Å²) < 4.78 is 1.08. The van der Waals surface area contributed by atoms with Crippen molar-refractivity contribution in [1.29, 1.82) is 0 Å². The van der Waals surface area contributed by atoms with Gasteiger partial charge in [0.25, 0.3) is 5.91 Å². The van der Waals surface area contributed by atoms with Gasteiger partial charge in [-0.3, -0.25) is 4.79 Å². The van der Waals surface area contributed by atoms with Crippen LogP contribution in [-0.2, 0) is 4.79 Å². The molecule has 7 heteroatoms. The molecule has 0 aliphatic carbocycles. The number of para-hydroxylation sites is 1. The fourth-order valence-corrected chi connectivity index (χ4v) is 4.77. The van der Waals surface area contributed by atoms with Crippen molar-refractivity contribution in [3.63, 3.8) is 0 Å². The minimum atomic E-state index is -0.440. The Labute approximate surface area is 169 Å². The molecule has 4 rings (SSSR count). The zero-order chi connectivity index (χ0) is 18.8. The molecule has 2 aromatic carbocycles. The van der Waals surface area contributed by atoms with Gasteiger partial charge >= 0.3 is 6.03 Å². The predicted molar refractivity (Wildman–Crippen MR) is 110 cm³/mol. The fraction of sp³-hybridized carbons (Fsp3) is 0. The number of hydrogen-bond acceptors (Lipinski definition) is 4. The van der Waals surface area contributed by atoms with Gasteiger partial charge in [0, 0.05) is 14.8 Å². The van der Waals surface area contributed by atoms with Gasteiger partial charge < -0.3 is 5.32 Å². The maximum Gasteiger partial charge on any atom is 0.333 e. The molecule has 0 atom stereocenters. The van der Waals surface area contributed by atoms with Crippen LogP contribution in [0.5, 0.6) is 0 Å². The summed E-state index contributed by atoms with van der Waals surface area (Å²) >= 11 is 9.08. The predicted octanol–water partition coefficient (Wildman–Crippen LogP) is 5.65. The van der Waals surface area contributed by atoms with Crippen LogP contribution in [0.4, 0.5) is 10.5 Å². The Hall–Kier alpha value is -2.54. The number of nitrogens with one attached hydrogen (secondary N) is 1. The highest BCUT2D eigenvalue weighted by atomic mass is 35.5. The molecule has 1 fully saturated rings. The van der Waals surface area contributed by atoms with Crippen LogP contribution in [0.2, 0.25) is 5.02 Å². The number of imide groups is 1. The quantitative estimate of drug-likeness (QED) is 0.445. The summed E-state index contributed by atoms with van der Waals surface area (Å²) in [5.41, 5.74) is 0.822. The largest absolute Gasteiger partial charge is 0.333 e. The van der Waals surface area contributed by atoms with Gasteiger partial charge in [-0.05, 0) is 54.6 Å². The first kappa shape index (κ1) is 17.9. The highest BCUT2D eigenvalue weighted by molar-refractivity contribution is 8.01. The molecule has 134 valence electrons. The number of benzene rings is 2. The highest BCUT2D eigenvalue weighted by Crippen LogP contribution is 2.35. The number of anilines is 1. The van der Waals surface area contributed by atoms with Gasteiger partial charge in [-0.2, -0.15) is 0 Å². The average Bonchev–Trinajstić information content (AvgIpc) is 3.22. The molecule has 0 unspecified atom stereocenters. The zero-order valence-corrected chi connectivity index (χ0v) is 16.3. The zero-order valence-electron chi connectivity index (χ0n) is 13.9. The Morgan fingerprint density at radius 3 is 2.44 bits per heavy atom. The second-order valence-electron chi connectivity index (χ2n) is 5.68. The van der Waals surface area contributed by atoms with E-state index in [-0.39, 0.29) is 11.6 Å². The first-order chi connectivity index (χ1) is 13.1. The van der Waals surface area contributed by atoms with E-state index in [1.807, 2.05) is 42.5 Å². The van der Waals surface area contributed by atoms with Crippen LogP contribution in [0.15, 0.2) is 81.5 Å². The number of nitrogens with zero attached hydrogens (tertiary/aromatic N) is 1. The molecule has 0 bridgehead atoms. The van der Waals surface area contributed by atoms with Crippen LogP contribution in [0.1, 0.15) is 4.88 Å². The summed E-state index contributed by atoms with van der Waals surface area (Å²) in [6.07, 6.45) is 1.71. The molecule has 3 aromatic rings. The summed E-state index contributed by atoms with van der Waals surface area (Å²) in [6, 6.07) is 20.0. The monoisotopic (exact) mass is 412 g/mol. The van der Waals surface area contributed by atoms with Crippen LogP contribution in [0, 0.1) is 0 Å². The average molecular weight is 413 g/mol. The maximum absolute atomic E-state index is 12.6. The molecule has 0 radical (unpaired) electrons. The summed E-state index contributed by atoms with van der Waals surface area (Å²) in [7, 11) is 0. The van der Waals surface area contributed by atoms with Crippen LogP contribution in [0.3, 0.4) is 0 Å². The summed E-state index contributed by atoms with van der Waals surface area (Å²) in [5.74, 6) is -0.355. The maximum atomic E-state index is 12.6. The smallest absolute Gasteiger partial charge is 0.302 e. The molecule has 1 aromatic heterocycles. The molecule has 0 saturated carbocycles. The highest BCUT2D eigenvalue weighted by Gasteiger charge is 2.34. The van der Waals surface area contributed by atoms with E-state index >= 15 is 0 Å². The van der Waals surface area contributed by atoms with E-state index in [1.165, 1.54) is 0 Å². The third-order valence-corrected chi connectivity index (χ3v) is 6.24. The molecule has 4 nitrogen and oxygen atoms in total. The molecule has 1 saturated heterocycles. The van der Waals surface area contributed by atoms with E-state index in [0.29, 0.717) is 10.7 Å². The Bertz CT molecular complexity index is 1030. The molecule has 1 aliphatic heterocycles. The van der Waals surface area contributed by atoms with Crippen molar-refractivity contribution < 1.29 is 9.59 Å². The topological polar surface area (TPSA) is 49.4 Å². The van der Waals surface area contributed by atoms with Crippen LogP contribution in [-0.4, -0.2) is 11.9 Å². The van der Waals surface area contributed by atoms with Gasteiger partial charge in [0.2, 0.25) is 0 Å². The first-order valence-corrected chi connectivity index (χ1v) is 10.1. The number of carbonyl (C=O) groups excluding carboxylic acids is 2. The lowest BCUT2D eigenvalue weighted by molar-refractivity contribution is -0.113. The number of carbonyl (C=O) groups is 2. The SMILES string of the molecule is O=C1N/C(=C\c2ccc(Sc3ccc(Cl)cc3)s2)C(=O)N1c1ccccc1. The Morgan fingerprint density at radius 1 is 0.963 bits per heavy atom.